The molecule has 2 heteroatoms. The zero-order chi connectivity index (χ0) is 8.91. The minimum absolute atomic E-state index is 0.988. The van der Waals surface area contributed by atoms with E-state index in [1.54, 1.807) is 6.20 Å². The van der Waals surface area contributed by atoms with Gasteiger partial charge in [0, 0.05) is 11.8 Å². The van der Waals surface area contributed by atoms with Crippen LogP contribution in [0.25, 0.3) is 0 Å². The lowest BCUT2D eigenvalue weighted by atomic mass is 10.4. The van der Waals surface area contributed by atoms with Crippen molar-refractivity contribution in [3.05, 3.63) is 11.8 Å². The standard InChI is InChI=1S/C9H15NSi/c1-9(8-10-2)6-7-11(3,4)5/h8H,2H2,1,3-5H3/b9-8+. The molecule has 0 saturated carbocycles. The van der Waals surface area contributed by atoms with Crippen LogP contribution in [0, 0.1) is 11.5 Å². The second-order valence-electron chi connectivity index (χ2n) is 3.49. The summed E-state index contributed by atoms with van der Waals surface area (Å²) in [5.74, 6) is 3.06. The molecule has 0 radical (unpaired) electrons. The Balaban J connectivity index is 4.30. The molecule has 0 aromatic heterocycles. The van der Waals surface area contributed by atoms with Gasteiger partial charge in [-0.05, 0) is 13.6 Å². The van der Waals surface area contributed by atoms with E-state index < -0.39 is 8.07 Å². The van der Waals surface area contributed by atoms with Crippen LogP contribution in [-0.4, -0.2) is 14.8 Å². The predicted octanol–water partition coefficient (Wildman–Crippen LogP) is 2.47. The molecule has 11 heavy (non-hydrogen) atoms. The summed E-state index contributed by atoms with van der Waals surface area (Å²) in [7, 11) is -1.21. The number of rotatable bonds is 1. The van der Waals surface area contributed by atoms with Crippen molar-refractivity contribution in [3.63, 3.8) is 0 Å². The van der Waals surface area contributed by atoms with Crippen molar-refractivity contribution in [1.29, 1.82) is 0 Å². The second-order valence-corrected chi connectivity index (χ2v) is 8.24. The van der Waals surface area contributed by atoms with Gasteiger partial charge in [0.25, 0.3) is 0 Å². The third-order valence-corrected chi connectivity index (χ3v) is 1.79. The van der Waals surface area contributed by atoms with Crippen molar-refractivity contribution >= 4 is 14.8 Å². The largest absolute Gasteiger partial charge is 0.272 e. The molecule has 0 N–H and O–H groups in total. The lowest BCUT2D eigenvalue weighted by Crippen LogP contribution is -2.16. The number of hydrogen-bond acceptors (Lipinski definition) is 1. The highest BCUT2D eigenvalue weighted by Gasteiger charge is 2.06. The fourth-order valence-corrected chi connectivity index (χ4v) is 1.03. The molecule has 0 atom stereocenters. The Kier molecular flexibility index (Phi) is 3.84. The van der Waals surface area contributed by atoms with E-state index in [2.05, 4.69) is 42.8 Å². The van der Waals surface area contributed by atoms with Crippen LogP contribution in [0.4, 0.5) is 0 Å². The second kappa shape index (κ2) is 4.15. The first-order valence-corrected chi connectivity index (χ1v) is 7.11. The maximum Gasteiger partial charge on any atom is 0.129 e. The van der Waals surface area contributed by atoms with E-state index in [-0.39, 0.29) is 0 Å². The SMILES string of the molecule is C=N/C=C(\C)C#C[Si](C)(C)C. The number of nitrogens with zero attached hydrogens (tertiary/aromatic N) is 1. The summed E-state index contributed by atoms with van der Waals surface area (Å²) in [6.07, 6.45) is 1.69. The van der Waals surface area contributed by atoms with Gasteiger partial charge in [-0.15, -0.1) is 5.54 Å². The van der Waals surface area contributed by atoms with Gasteiger partial charge in [0.1, 0.15) is 8.07 Å². The van der Waals surface area contributed by atoms with Crippen LogP contribution in [-0.2, 0) is 0 Å². The van der Waals surface area contributed by atoms with Gasteiger partial charge in [0.05, 0.1) is 0 Å². The third-order valence-electron chi connectivity index (χ3n) is 0.920. The van der Waals surface area contributed by atoms with Crippen molar-refractivity contribution in [3.8, 4) is 11.5 Å². The Morgan fingerprint density at radius 1 is 1.45 bits per heavy atom. The fraction of sp³-hybridized carbons (Fsp3) is 0.444. The van der Waals surface area contributed by atoms with Crippen molar-refractivity contribution in [2.45, 2.75) is 26.6 Å². The molecule has 0 fully saturated rings. The molecule has 0 aromatic rings. The zero-order valence-corrected chi connectivity index (χ0v) is 8.73. The van der Waals surface area contributed by atoms with Crippen LogP contribution in [0.2, 0.25) is 19.6 Å². The lowest BCUT2D eigenvalue weighted by molar-refractivity contribution is 1.47. The average molecular weight is 165 g/mol. The molecule has 0 bridgehead atoms. The summed E-state index contributed by atoms with van der Waals surface area (Å²) in [5.41, 5.74) is 4.23. The Morgan fingerprint density at radius 3 is 2.36 bits per heavy atom. The smallest absolute Gasteiger partial charge is 0.129 e. The van der Waals surface area contributed by atoms with Crippen molar-refractivity contribution in [2.75, 3.05) is 0 Å². The zero-order valence-electron chi connectivity index (χ0n) is 7.73. The lowest BCUT2D eigenvalue weighted by Gasteiger charge is -2.02. The summed E-state index contributed by atoms with van der Waals surface area (Å²) in [6, 6.07) is 0. The molecule has 0 spiro atoms. The highest BCUT2D eigenvalue weighted by atomic mass is 28.3. The van der Waals surface area contributed by atoms with Gasteiger partial charge in [-0.2, -0.15) is 0 Å². The van der Waals surface area contributed by atoms with Gasteiger partial charge >= 0.3 is 0 Å². The summed E-state index contributed by atoms with van der Waals surface area (Å²) in [6.45, 7) is 12.0. The monoisotopic (exact) mass is 165 g/mol. The van der Waals surface area contributed by atoms with Crippen molar-refractivity contribution in [2.24, 2.45) is 4.99 Å². The Morgan fingerprint density at radius 2 is 2.00 bits per heavy atom. The van der Waals surface area contributed by atoms with Crippen LogP contribution in [0.5, 0.6) is 0 Å². The topological polar surface area (TPSA) is 12.4 Å². The third kappa shape index (κ3) is 7.08. The van der Waals surface area contributed by atoms with Crippen LogP contribution >= 0.6 is 0 Å². The minimum Gasteiger partial charge on any atom is -0.272 e. The van der Waals surface area contributed by atoms with Crippen LogP contribution in [0.15, 0.2) is 16.8 Å². The first-order chi connectivity index (χ1) is 4.95. The van der Waals surface area contributed by atoms with E-state index >= 15 is 0 Å². The van der Waals surface area contributed by atoms with Crippen LogP contribution in [0.3, 0.4) is 0 Å². The number of aliphatic imine (C=N–C) groups is 1. The highest BCUT2D eigenvalue weighted by Crippen LogP contribution is 1.98. The van der Waals surface area contributed by atoms with Crippen LogP contribution < -0.4 is 0 Å². The van der Waals surface area contributed by atoms with E-state index in [1.807, 2.05) is 6.92 Å². The fourth-order valence-electron chi connectivity index (χ4n) is 0.455. The molecule has 0 heterocycles. The maximum atomic E-state index is 3.64. The van der Waals surface area contributed by atoms with Gasteiger partial charge < -0.3 is 0 Å². The summed E-state index contributed by atoms with van der Waals surface area (Å²) in [5, 5.41) is 0. The Hall–Kier alpha value is -0.813. The molecule has 0 aromatic carbocycles. The maximum absolute atomic E-state index is 3.64. The van der Waals surface area contributed by atoms with Crippen molar-refractivity contribution in [1.82, 2.24) is 0 Å². The molecule has 0 saturated heterocycles. The van der Waals surface area contributed by atoms with Crippen molar-refractivity contribution < 1.29 is 0 Å². The first-order valence-electron chi connectivity index (χ1n) is 3.61. The molecule has 0 rings (SSSR count). The molecular weight excluding hydrogens is 150 g/mol. The van der Waals surface area contributed by atoms with Gasteiger partial charge in [0.15, 0.2) is 0 Å². The van der Waals surface area contributed by atoms with E-state index in [0.717, 1.165) is 5.57 Å². The predicted molar refractivity (Wildman–Crippen MR) is 54.4 cm³/mol. The van der Waals surface area contributed by atoms with E-state index in [0.29, 0.717) is 0 Å². The molecular formula is C9H15NSi. The van der Waals surface area contributed by atoms with E-state index in [1.165, 1.54) is 0 Å². The van der Waals surface area contributed by atoms with Gasteiger partial charge in [0.2, 0.25) is 0 Å². The number of allylic oxidation sites excluding steroid dienone is 1. The molecule has 0 aliphatic carbocycles. The van der Waals surface area contributed by atoms with E-state index in [4.69, 9.17) is 0 Å². The Bertz CT molecular complexity index is 222. The normalized spacial score (nSPS) is 11.8. The molecule has 0 aliphatic heterocycles. The Labute approximate surface area is 70.2 Å². The first kappa shape index (κ1) is 10.2. The number of hydrogen-bond donors (Lipinski definition) is 0. The van der Waals surface area contributed by atoms with Gasteiger partial charge in [-0.3, -0.25) is 4.99 Å². The van der Waals surface area contributed by atoms with E-state index in [9.17, 15) is 0 Å². The van der Waals surface area contributed by atoms with Crippen LogP contribution in [0.1, 0.15) is 6.92 Å². The molecule has 0 unspecified atom stereocenters. The van der Waals surface area contributed by atoms with Gasteiger partial charge in [-0.1, -0.05) is 25.6 Å². The summed E-state index contributed by atoms with van der Waals surface area (Å²) >= 11 is 0. The minimum atomic E-state index is -1.21. The highest BCUT2D eigenvalue weighted by molar-refractivity contribution is 6.83. The molecule has 0 aliphatic rings. The molecule has 60 valence electrons. The summed E-state index contributed by atoms with van der Waals surface area (Å²) < 4.78 is 0. The molecule has 0 amide bonds. The average Bonchev–Trinajstić information content (AvgIpc) is 1.83. The van der Waals surface area contributed by atoms with Gasteiger partial charge in [-0.25, -0.2) is 0 Å². The summed E-state index contributed by atoms with van der Waals surface area (Å²) in [4.78, 5) is 3.64. The quantitative estimate of drug-likeness (QED) is 0.321. The molecule has 1 nitrogen and oxygen atoms in total.